The van der Waals surface area contributed by atoms with Crippen LogP contribution in [0.25, 0.3) is 0 Å². The van der Waals surface area contributed by atoms with Crippen molar-refractivity contribution in [2.45, 2.75) is 45.4 Å². The molecule has 0 amide bonds. The van der Waals surface area contributed by atoms with Crippen LogP contribution in [0.1, 0.15) is 33.6 Å². The Hall–Kier alpha value is -1.13. The van der Waals surface area contributed by atoms with Crippen molar-refractivity contribution < 1.29 is 23.5 Å². The molecule has 0 aromatic rings. The minimum Gasteiger partial charge on any atom is -0.469 e. The molecule has 0 saturated heterocycles. The number of esters is 2. The molecule has 0 heterocycles. The third-order valence-electron chi connectivity index (χ3n) is 2.76. The summed E-state index contributed by atoms with van der Waals surface area (Å²) in [6, 6.07) is 0. The molecule has 1 unspecified atom stereocenters. The second-order valence-electron chi connectivity index (χ2n) is 5.28. The number of methoxy groups -OCH3 is 1. The maximum absolute atomic E-state index is 13.6. The SMILES string of the molecule is COC(=O)[C@H]1C(C(=O)OC(C)(C)C)CC[C@@H]1F. The third kappa shape index (κ3) is 3.41. The molecule has 0 N–H and O–H groups in total. The van der Waals surface area contributed by atoms with E-state index in [9.17, 15) is 14.0 Å². The highest BCUT2D eigenvalue weighted by molar-refractivity contribution is 5.83. The molecule has 0 aromatic heterocycles. The van der Waals surface area contributed by atoms with Crippen molar-refractivity contribution in [3.05, 3.63) is 0 Å². The van der Waals surface area contributed by atoms with Crippen molar-refractivity contribution in [3.8, 4) is 0 Å². The molecule has 3 atom stereocenters. The van der Waals surface area contributed by atoms with Gasteiger partial charge in [0.1, 0.15) is 17.7 Å². The molecule has 1 aliphatic carbocycles. The van der Waals surface area contributed by atoms with E-state index in [1.54, 1.807) is 20.8 Å². The van der Waals surface area contributed by atoms with Gasteiger partial charge in [0.25, 0.3) is 0 Å². The van der Waals surface area contributed by atoms with E-state index in [0.717, 1.165) is 0 Å². The van der Waals surface area contributed by atoms with Crippen LogP contribution in [0.3, 0.4) is 0 Å². The number of rotatable bonds is 2. The molecule has 0 aliphatic heterocycles. The first-order chi connectivity index (χ1) is 7.76. The van der Waals surface area contributed by atoms with E-state index in [4.69, 9.17) is 4.74 Å². The maximum Gasteiger partial charge on any atom is 0.312 e. The summed E-state index contributed by atoms with van der Waals surface area (Å²) in [5, 5.41) is 0. The van der Waals surface area contributed by atoms with Crippen LogP contribution in [-0.4, -0.2) is 30.8 Å². The molecule has 17 heavy (non-hydrogen) atoms. The van der Waals surface area contributed by atoms with Crippen molar-refractivity contribution in [1.29, 1.82) is 0 Å². The zero-order valence-corrected chi connectivity index (χ0v) is 10.7. The number of carbonyl (C=O) groups is 2. The Kier molecular flexibility index (Phi) is 4.11. The average molecular weight is 246 g/mol. The number of ether oxygens (including phenoxy) is 2. The lowest BCUT2D eigenvalue weighted by Gasteiger charge is -2.24. The summed E-state index contributed by atoms with van der Waals surface area (Å²) >= 11 is 0. The van der Waals surface area contributed by atoms with Gasteiger partial charge in [-0.15, -0.1) is 0 Å². The van der Waals surface area contributed by atoms with Crippen LogP contribution in [0.5, 0.6) is 0 Å². The van der Waals surface area contributed by atoms with Gasteiger partial charge in [0, 0.05) is 0 Å². The van der Waals surface area contributed by atoms with Gasteiger partial charge in [-0.3, -0.25) is 9.59 Å². The minimum atomic E-state index is -1.32. The van der Waals surface area contributed by atoms with Crippen LogP contribution in [0.2, 0.25) is 0 Å². The van der Waals surface area contributed by atoms with Gasteiger partial charge in [-0.1, -0.05) is 0 Å². The zero-order valence-electron chi connectivity index (χ0n) is 10.7. The molecule has 4 nitrogen and oxygen atoms in total. The van der Waals surface area contributed by atoms with E-state index >= 15 is 0 Å². The Balaban J connectivity index is 2.76. The molecule has 1 saturated carbocycles. The normalized spacial score (nSPS) is 28.9. The number of hydrogen-bond donors (Lipinski definition) is 0. The highest BCUT2D eigenvalue weighted by atomic mass is 19.1. The molecule has 5 heteroatoms. The average Bonchev–Trinajstić information content (AvgIpc) is 2.56. The molecule has 98 valence electrons. The van der Waals surface area contributed by atoms with E-state index in [1.165, 1.54) is 7.11 Å². The number of carbonyl (C=O) groups excluding carboxylic acids is 2. The maximum atomic E-state index is 13.6. The van der Waals surface area contributed by atoms with Crippen LogP contribution >= 0.6 is 0 Å². The summed E-state index contributed by atoms with van der Waals surface area (Å²) in [5.41, 5.74) is -0.633. The lowest BCUT2D eigenvalue weighted by Crippen LogP contribution is -2.35. The lowest BCUT2D eigenvalue weighted by atomic mass is 9.95. The van der Waals surface area contributed by atoms with Crippen molar-refractivity contribution >= 4 is 11.9 Å². The van der Waals surface area contributed by atoms with Gasteiger partial charge in [-0.05, 0) is 33.6 Å². The molecule has 0 spiro atoms. The quantitative estimate of drug-likeness (QED) is 0.698. The van der Waals surface area contributed by atoms with Crippen molar-refractivity contribution in [2.75, 3.05) is 7.11 Å². The van der Waals surface area contributed by atoms with E-state index in [-0.39, 0.29) is 6.42 Å². The van der Waals surface area contributed by atoms with Gasteiger partial charge in [-0.2, -0.15) is 0 Å². The topological polar surface area (TPSA) is 52.6 Å². The van der Waals surface area contributed by atoms with Gasteiger partial charge >= 0.3 is 11.9 Å². The van der Waals surface area contributed by atoms with Crippen LogP contribution in [0, 0.1) is 11.8 Å². The Bertz CT molecular complexity index is 308. The number of alkyl halides is 1. The zero-order chi connectivity index (χ0) is 13.2. The lowest BCUT2D eigenvalue weighted by molar-refractivity contribution is -0.167. The Morgan fingerprint density at radius 3 is 2.24 bits per heavy atom. The summed E-state index contributed by atoms with van der Waals surface area (Å²) in [7, 11) is 1.19. The van der Waals surface area contributed by atoms with Gasteiger partial charge in [0.2, 0.25) is 0 Å². The third-order valence-corrected chi connectivity index (χ3v) is 2.76. The summed E-state index contributed by atoms with van der Waals surface area (Å²) in [6.07, 6.45) is -0.792. The summed E-state index contributed by atoms with van der Waals surface area (Å²) in [6.45, 7) is 5.21. The Morgan fingerprint density at radius 2 is 1.76 bits per heavy atom. The van der Waals surface area contributed by atoms with E-state index in [0.29, 0.717) is 6.42 Å². The molecular formula is C12H19FO4. The number of halogens is 1. The molecule has 0 radical (unpaired) electrons. The monoisotopic (exact) mass is 246 g/mol. The van der Waals surface area contributed by atoms with Gasteiger partial charge < -0.3 is 9.47 Å². The second kappa shape index (κ2) is 5.02. The van der Waals surface area contributed by atoms with Crippen molar-refractivity contribution in [2.24, 2.45) is 11.8 Å². The fraction of sp³-hybridized carbons (Fsp3) is 0.833. The fourth-order valence-corrected chi connectivity index (χ4v) is 2.04. The van der Waals surface area contributed by atoms with Gasteiger partial charge in [-0.25, -0.2) is 4.39 Å². The molecule has 0 aromatic carbocycles. The van der Waals surface area contributed by atoms with Crippen molar-refractivity contribution in [1.82, 2.24) is 0 Å². The predicted octanol–water partition coefficient (Wildman–Crippen LogP) is 1.87. The minimum absolute atomic E-state index is 0.198. The van der Waals surface area contributed by atoms with E-state index in [2.05, 4.69) is 4.74 Å². The van der Waals surface area contributed by atoms with E-state index in [1.807, 2.05) is 0 Å². The largest absolute Gasteiger partial charge is 0.469 e. The molecule has 0 bridgehead atoms. The molecule has 1 fully saturated rings. The molecular weight excluding hydrogens is 227 g/mol. The highest BCUT2D eigenvalue weighted by Gasteiger charge is 2.47. The Morgan fingerprint density at radius 1 is 1.18 bits per heavy atom. The molecule has 1 rings (SSSR count). The first-order valence-corrected chi connectivity index (χ1v) is 5.71. The van der Waals surface area contributed by atoms with Gasteiger partial charge in [0.05, 0.1) is 13.0 Å². The summed E-state index contributed by atoms with van der Waals surface area (Å²) in [4.78, 5) is 23.3. The standard InChI is InChI=1S/C12H19FO4/c1-12(2,3)17-10(14)7-5-6-8(13)9(7)11(15)16-4/h7-9H,5-6H2,1-4H3/t7?,8-,9-/m0/s1. The highest BCUT2D eigenvalue weighted by Crippen LogP contribution is 2.36. The van der Waals surface area contributed by atoms with E-state index < -0.39 is 35.5 Å². The first kappa shape index (κ1) is 13.9. The van der Waals surface area contributed by atoms with Crippen molar-refractivity contribution in [3.63, 3.8) is 0 Å². The molecule has 1 aliphatic rings. The van der Waals surface area contributed by atoms with Crippen LogP contribution in [0.15, 0.2) is 0 Å². The van der Waals surface area contributed by atoms with Crippen LogP contribution in [0.4, 0.5) is 4.39 Å². The predicted molar refractivity (Wildman–Crippen MR) is 59.0 cm³/mol. The summed E-state index contributed by atoms with van der Waals surface area (Å²) < 4.78 is 23.3. The Labute approximate surface area is 100 Å². The van der Waals surface area contributed by atoms with Crippen LogP contribution in [-0.2, 0) is 19.1 Å². The second-order valence-corrected chi connectivity index (χ2v) is 5.28. The van der Waals surface area contributed by atoms with Crippen LogP contribution < -0.4 is 0 Å². The number of hydrogen-bond acceptors (Lipinski definition) is 4. The smallest absolute Gasteiger partial charge is 0.312 e. The fourth-order valence-electron chi connectivity index (χ4n) is 2.04. The van der Waals surface area contributed by atoms with Gasteiger partial charge in [0.15, 0.2) is 0 Å². The first-order valence-electron chi connectivity index (χ1n) is 5.71. The summed E-state index contributed by atoms with van der Waals surface area (Å²) in [5.74, 6) is -2.94.